The summed E-state index contributed by atoms with van der Waals surface area (Å²) in [5, 5.41) is 24.8. The number of carbonyl (C=O) groups is 4. The summed E-state index contributed by atoms with van der Waals surface area (Å²) in [6.45, 7) is 7.75. The maximum absolute atomic E-state index is 13.6. The zero-order valence-corrected chi connectivity index (χ0v) is 24.4. The molecule has 0 radical (unpaired) electrons. The molecule has 1 aliphatic heterocycles. The van der Waals surface area contributed by atoms with Crippen LogP contribution < -0.4 is 10.6 Å². The fraction of sp³-hybridized carbons (Fsp3) is 0.552. The number of likely N-dealkylation sites (tertiary alicyclic amines) is 1. The molecule has 0 spiro atoms. The number of thiazole rings is 1. The molecule has 3 atom stereocenters. The third-order valence-corrected chi connectivity index (χ3v) is 7.98. The predicted octanol–water partition coefficient (Wildman–Crippen LogP) is 3.26. The maximum Gasteiger partial charge on any atom is 0.303 e. The van der Waals surface area contributed by atoms with Gasteiger partial charge in [-0.2, -0.15) is 0 Å². The number of nitrogens with one attached hydrogen (secondary N) is 2. The van der Waals surface area contributed by atoms with Crippen molar-refractivity contribution < 1.29 is 29.4 Å². The van der Waals surface area contributed by atoms with Gasteiger partial charge in [0.1, 0.15) is 12.1 Å². The minimum atomic E-state index is -0.887. The average Bonchev–Trinajstić information content (AvgIpc) is 3.50. The lowest BCUT2D eigenvalue weighted by atomic mass is 9.85. The highest BCUT2D eigenvalue weighted by molar-refractivity contribution is 7.13. The molecule has 0 bridgehead atoms. The Hall–Kier alpha value is -3.31. The summed E-state index contributed by atoms with van der Waals surface area (Å²) in [6, 6.07) is 6.11. The Balaban J connectivity index is 1.60. The van der Waals surface area contributed by atoms with Crippen molar-refractivity contribution in [1.82, 2.24) is 20.5 Å². The second-order valence-corrected chi connectivity index (χ2v) is 12.3. The van der Waals surface area contributed by atoms with Gasteiger partial charge >= 0.3 is 5.97 Å². The molecule has 3 rings (SSSR count). The van der Waals surface area contributed by atoms with Crippen molar-refractivity contribution in [3.05, 3.63) is 41.0 Å². The van der Waals surface area contributed by atoms with Crippen LogP contribution in [0.15, 0.2) is 29.8 Å². The van der Waals surface area contributed by atoms with Gasteiger partial charge < -0.3 is 25.7 Å². The highest BCUT2D eigenvalue weighted by Gasteiger charge is 2.44. The van der Waals surface area contributed by atoms with Crippen LogP contribution in [0, 0.1) is 12.3 Å². The van der Waals surface area contributed by atoms with E-state index >= 15 is 0 Å². The number of aliphatic carboxylic acids is 1. The van der Waals surface area contributed by atoms with Crippen molar-refractivity contribution in [1.29, 1.82) is 0 Å². The molecule has 3 amide bonds. The smallest absolute Gasteiger partial charge is 0.303 e. The SMILES string of the molecule is Cc1ncsc1-c1ccc(CNC(=O)[C@@H]2C[C@H](O)CN2C(=O)C(NC(=O)CCCCCC(=O)O)C(C)(C)C)cc1. The number of hydrogen-bond acceptors (Lipinski definition) is 7. The van der Waals surface area contributed by atoms with E-state index in [1.807, 2.05) is 57.5 Å². The van der Waals surface area contributed by atoms with Crippen molar-refractivity contribution in [3.8, 4) is 10.4 Å². The van der Waals surface area contributed by atoms with Gasteiger partial charge in [-0.25, -0.2) is 4.98 Å². The lowest BCUT2D eigenvalue weighted by Gasteiger charge is -2.35. The van der Waals surface area contributed by atoms with Crippen LogP contribution >= 0.6 is 11.3 Å². The van der Waals surface area contributed by atoms with E-state index in [1.54, 1.807) is 11.3 Å². The number of aliphatic hydroxyl groups excluding tert-OH is 1. The molecule has 2 heterocycles. The van der Waals surface area contributed by atoms with Gasteiger partial charge in [0.15, 0.2) is 0 Å². The minimum absolute atomic E-state index is 0.0114. The monoisotopic (exact) mass is 572 g/mol. The highest BCUT2D eigenvalue weighted by atomic mass is 32.1. The van der Waals surface area contributed by atoms with Crippen LogP contribution in [0.2, 0.25) is 0 Å². The number of hydrogen-bond donors (Lipinski definition) is 4. The summed E-state index contributed by atoms with van der Waals surface area (Å²) in [4.78, 5) is 56.9. The van der Waals surface area contributed by atoms with Crippen LogP contribution in [0.25, 0.3) is 10.4 Å². The number of carbonyl (C=O) groups excluding carboxylic acids is 3. The van der Waals surface area contributed by atoms with Crippen molar-refractivity contribution in [3.63, 3.8) is 0 Å². The zero-order chi connectivity index (χ0) is 29.4. The van der Waals surface area contributed by atoms with E-state index in [1.165, 1.54) is 4.90 Å². The first-order chi connectivity index (χ1) is 18.9. The Bertz CT molecular complexity index is 1190. The van der Waals surface area contributed by atoms with Crippen molar-refractivity contribution in [2.75, 3.05) is 6.54 Å². The molecule has 0 saturated carbocycles. The molecule has 1 saturated heterocycles. The second kappa shape index (κ2) is 13.8. The number of benzene rings is 1. The molecule has 1 aromatic heterocycles. The van der Waals surface area contributed by atoms with Crippen molar-refractivity contribution >= 4 is 35.0 Å². The van der Waals surface area contributed by atoms with E-state index in [-0.39, 0.29) is 44.2 Å². The topological polar surface area (TPSA) is 149 Å². The molecule has 10 nitrogen and oxygen atoms in total. The van der Waals surface area contributed by atoms with Crippen molar-refractivity contribution in [2.45, 2.75) is 91.0 Å². The summed E-state index contributed by atoms with van der Waals surface area (Å²) in [5.74, 6) is -1.94. The Kier molecular flexibility index (Phi) is 10.8. The quantitative estimate of drug-likeness (QED) is 0.285. The summed E-state index contributed by atoms with van der Waals surface area (Å²) in [6.07, 6.45) is 1.12. The summed E-state index contributed by atoms with van der Waals surface area (Å²) in [5.41, 5.74) is 4.10. The minimum Gasteiger partial charge on any atom is -0.481 e. The molecular formula is C29H40N4O6S. The van der Waals surface area contributed by atoms with E-state index in [0.29, 0.717) is 19.3 Å². The third kappa shape index (κ3) is 8.59. The van der Waals surface area contributed by atoms with Gasteiger partial charge in [-0.1, -0.05) is 51.5 Å². The summed E-state index contributed by atoms with van der Waals surface area (Å²) in [7, 11) is 0. The van der Waals surface area contributed by atoms with Gasteiger partial charge in [0, 0.05) is 32.4 Å². The number of aromatic nitrogens is 1. The Morgan fingerprint density at radius 1 is 1.10 bits per heavy atom. The molecule has 40 heavy (non-hydrogen) atoms. The summed E-state index contributed by atoms with van der Waals surface area (Å²) >= 11 is 1.57. The van der Waals surface area contributed by atoms with Gasteiger partial charge in [0.05, 0.1) is 22.2 Å². The van der Waals surface area contributed by atoms with Crippen LogP contribution in [-0.2, 0) is 25.7 Å². The maximum atomic E-state index is 13.6. The first-order valence-electron chi connectivity index (χ1n) is 13.6. The standard InChI is InChI=1S/C29H40N4O6S/c1-18-25(40-17-31-18)20-12-10-19(11-13-20)15-30-27(38)22-14-21(34)16-33(22)28(39)26(29(2,3)4)32-23(35)8-6-5-7-9-24(36)37/h10-13,17,21-22,26,34H,5-9,14-16H2,1-4H3,(H,30,38)(H,32,35)(H,36,37)/t21-,22-,26?/m0/s1. The lowest BCUT2D eigenvalue weighted by Crippen LogP contribution is -2.57. The van der Waals surface area contributed by atoms with Crippen LogP contribution in [0.4, 0.5) is 0 Å². The molecule has 2 aromatic rings. The fourth-order valence-corrected chi connectivity index (χ4v) is 5.56. The van der Waals surface area contributed by atoms with Crippen LogP contribution in [0.5, 0.6) is 0 Å². The largest absolute Gasteiger partial charge is 0.481 e. The molecule has 1 aliphatic rings. The second-order valence-electron chi connectivity index (χ2n) is 11.4. The van der Waals surface area contributed by atoms with Crippen LogP contribution in [-0.4, -0.2) is 68.5 Å². The first kappa shape index (κ1) is 31.2. The Morgan fingerprint density at radius 2 is 1.77 bits per heavy atom. The number of aryl methyl sites for hydroxylation is 1. The average molecular weight is 573 g/mol. The highest BCUT2D eigenvalue weighted by Crippen LogP contribution is 2.28. The van der Waals surface area contributed by atoms with Gasteiger partial charge in [-0.15, -0.1) is 11.3 Å². The zero-order valence-electron chi connectivity index (χ0n) is 23.6. The number of unbranched alkanes of at least 4 members (excludes halogenated alkanes) is 2. The molecule has 1 fully saturated rings. The Labute approximate surface area is 239 Å². The van der Waals surface area contributed by atoms with Gasteiger partial charge in [-0.3, -0.25) is 19.2 Å². The Morgan fingerprint density at radius 3 is 2.38 bits per heavy atom. The number of nitrogens with zero attached hydrogens (tertiary/aromatic N) is 2. The first-order valence-corrected chi connectivity index (χ1v) is 14.5. The predicted molar refractivity (Wildman–Crippen MR) is 152 cm³/mol. The van der Waals surface area contributed by atoms with Crippen molar-refractivity contribution in [2.24, 2.45) is 5.41 Å². The molecular weight excluding hydrogens is 532 g/mol. The number of amides is 3. The van der Waals surface area contributed by atoms with Crippen LogP contribution in [0.3, 0.4) is 0 Å². The number of rotatable bonds is 12. The molecule has 11 heteroatoms. The normalized spacial score (nSPS) is 17.9. The van der Waals surface area contributed by atoms with E-state index in [4.69, 9.17) is 5.11 Å². The van der Waals surface area contributed by atoms with E-state index in [9.17, 15) is 24.3 Å². The van der Waals surface area contributed by atoms with Gasteiger partial charge in [0.25, 0.3) is 0 Å². The van der Waals surface area contributed by atoms with E-state index in [2.05, 4.69) is 15.6 Å². The molecule has 1 unspecified atom stereocenters. The summed E-state index contributed by atoms with van der Waals surface area (Å²) < 4.78 is 0. The molecule has 1 aromatic carbocycles. The number of aliphatic hydroxyl groups is 1. The van der Waals surface area contributed by atoms with E-state index in [0.717, 1.165) is 21.7 Å². The molecule has 0 aliphatic carbocycles. The number of carboxylic acids is 1. The number of β-amino-alcohol motifs (C(OH)–C–C–N with tert-alkyl or cyclic N) is 1. The third-order valence-electron chi connectivity index (χ3n) is 7.01. The van der Waals surface area contributed by atoms with Gasteiger partial charge in [0.2, 0.25) is 17.7 Å². The van der Waals surface area contributed by atoms with E-state index < -0.39 is 35.5 Å². The fourth-order valence-electron chi connectivity index (χ4n) is 4.75. The van der Waals surface area contributed by atoms with Crippen LogP contribution in [0.1, 0.15) is 70.6 Å². The molecule has 4 N–H and O–H groups in total. The molecule has 218 valence electrons. The number of carboxylic acid groups (broad SMARTS) is 1. The lowest BCUT2D eigenvalue weighted by molar-refractivity contribution is -0.144. The van der Waals surface area contributed by atoms with Gasteiger partial charge in [-0.05, 0) is 36.3 Å².